The fraction of sp³-hybridized carbons (Fsp3) is 0.591. The first-order valence-corrected chi connectivity index (χ1v) is 10.3. The standard InChI is InChI=1S/C22H32ClN3O/c1-14(2)10-15(3)26-8-6-17(7-9-26)22(4,5)21(27)19-12-18(23)11-16-13-24-25-20(16)19/h11-14,17,21,27H,3,6-10H2,1-2,4-5H3,(H,24,25)/t21-/m1/s1. The number of rotatable bonds is 6. The van der Waals surface area contributed by atoms with Crippen molar-refractivity contribution in [1.82, 2.24) is 15.1 Å². The van der Waals surface area contributed by atoms with Gasteiger partial charge in [0.2, 0.25) is 0 Å². The number of hydrogen-bond donors (Lipinski definition) is 2. The van der Waals surface area contributed by atoms with E-state index in [0.717, 1.165) is 48.8 Å². The molecule has 1 aliphatic rings. The molecule has 1 aromatic heterocycles. The SMILES string of the molecule is C=C(CC(C)C)N1CCC(C(C)(C)[C@H](O)c2cc(Cl)cc3cn[nH]c23)CC1. The average Bonchev–Trinajstić information content (AvgIpc) is 3.08. The second-order valence-corrected chi connectivity index (χ2v) is 9.42. The Morgan fingerprint density at radius 1 is 1.37 bits per heavy atom. The van der Waals surface area contributed by atoms with Crippen LogP contribution in [0.2, 0.25) is 5.02 Å². The van der Waals surface area contributed by atoms with Crippen LogP contribution >= 0.6 is 11.6 Å². The number of halogens is 1. The summed E-state index contributed by atoms with van der Waals surface area (Å²) in [7, 11) is 0. The smallest absolute Gasteiger partial charge is 0.0864 e. The summed E-state index contributed by atoms with van der Waals surface area (Å²) < 4.78 is 0. The molecule has 4 nitrogen and oxygen atoms in total. The second-order valence-electron chi connectivity index (χ2n) is 8.98. The number of H-pyrrole nitrogens is 1. The minimum Gasteiger partial charge on any atom is -0.388 e. The van der Waals surface area contributed by atoms with E-state index in [-0.39, 0.29) is 5.41 Å². The summed E-state index contributed by atoms with van der Waals surface area (Å²) in [5, 5.41) is 20.0. The number of allylic oxidation sites excluding steroid dienone is 1. The fourth-order valence-corrected chi connectivity index (χ4v) is 4.66. The quantitative estimate of drug-likeness (QED) is 0.681. The number of nitrogens with zero attached hydrogens (tertiary/aromatic N) is 2. The van der Waals surface area contributed by atoms with Gasteiger partial charge in [-0.25, -0.2) is 0 Å². The van der Waals surface area contributed by atoms with Gasteiger partial charge in [-0.05, 0) is 48.6 Å². The monoisotopic (exact) mass is 389 g/mol. The van der Waals surface area contributed by atoms with Crippen LogP contribution in [0.5, 0.6) is 0 Å². The predicted octanol–water partition coefficient (Wildman–Crippen LogP) is 5.55. The fourth-order valence-electron chi connectivity index (χ4n) is 4.43. The summed E-state index contributed by atoms with van der Waals surface area (Å²) in [6.45, 7) is 15.1. The van der Waals surface area contributed by atoms with Crippen molar-refractivity contribution in [3.8, 4) is 0 Å². The molecular formula is C22H32ClN3O. The van der Waals surface area contributed by atoms with E-state index in [1.807, 2.05) is 12.1 Å². The summed E-state index contributed by atoms with van der Waals surface area (Å²) >= 11 is 6.29. The first-order valence-electron chi connectivity index (χ1n) is 9.93. The van der Waals surface area contributed by atoms with E-state index in [0.29, 0.717) is 16.9 Å². The van der Waals surface area contributed by atoms with E-state index in [2.05, 4.69) is 49.4 Å². The lowest BCUT2D eigenvalue weighted by Gasteiger charge is -2.44. The Bertz CT molecular complexity index is 803. The number of likely N-dealkylation sites (tertiary alicyclic amines) is 1. The van der Waals surface area contributed by atoms with Crippen molar-refractivity contribution in [2.45, 2.75) is 53.1 Å². The largest absolute Gasteiger partial charge is 0.388 e. The van der Waals surface area contributed by atoms with E-state index >= 15 is 0 Å². The van der Waals surface area contributed by atoms with Gasteiger partial charge in [-0.1, -0.05) is 45.9 Å². The third-order valence-corrected chi connectivity index (χ3v) is 6.40. The van der Waals surface area contributed by atoms with Gasteiger partial charge in [-0.15, -0.1) is 0 Å². The minimum atomic E-state index is -0.602. The Hall–Kier alpha value is -1.52. The van der Waals surface area contributed by atoms with Crippen LogP contribution in [0.3, 0.4) is 0 Å². The maximum Gasteiger partial charge on any atom is 0.0864 e. The topological polar surface area (TPSA) is 52.1 Å². The maximum absolute atomic E-state index is 11.3. The summed E-state index contributed by atoms with van der Waals surface area (Å²) in [6.07, 6.45) is 4.33. The number of piperidine rings is 1. The molecule has 148 valence electrons. The number of nitrogens with one attached hydrogen (secondary N) is 1. The molecule has 0 radical (unpaired) electrons. The molecule has 1 aliphatic heterocycles. The molecule has 2 heterocycles. The molecule has 1 atom stereocenters. The molecule has 3 rings (SSSR count). The highest BCUT2D eigenvalue weighted by atomic mass is 35.5. The Balaban J connectivity index is 1.74. The van der Waals surface area contributed by atoms with Crippen molar-refractivity contribution in [3.63, 3.8) is 0 Å². The van der Waals surface area contributed by atoms with Crippen molar-refractivity contribution in [1.29, 1.82) is 0 Å². The van der Waals surface area contributed by atoms with Gasteiger partial charge in [0.25, 0.3) is 0 Å². The van der Waals surface area contributed by atoms with Crippen molar-refractivity contribution in [3.05, 3.63) is 41.2 Å². The zero-order chi connectivity index (χ0) is 19.8. The van der Waals surface area contributed by atoms with E-state index in [9.17, 15) is 5.11 Å². The van der Waals surface area contributed by atoms with E-state index in [1.54, 1.807) is 6.20 Å². The molecule has 0 unspecified atom stereocenters. The van der Waals surface area contributed by atoms with E-state index in [4.69, 9.17) is 11.6 Å². The van der Waals surface area contributed by atoms with E-state index in [1.165, 1.54) is 5.70 Å². The molecule has 1 aromatic carbocycles. The number of aromatic nitrogens is 2. The number of fused-ring (bicyclic) bond motifs is 1. The average molecular weight is 390 g/mol. The van der Waals surface area contributed by atoms with Gasteiger partial charge in [0.05, 0.1) is 17.8 Å². The van der Waals surface area contributed by atoms with Crippen molar-refractivity contribution >= 4 is 22.5 Å². The molecule has 2 N–H and O–H groups in total. The van der Waals surface area contributed by atoms with Gasteiger partial charge in [0.1, 0.15) is 0 Å². The molecule has 27 heavy (non-hydrogen) atoms. The third kappa shape index (κ3) is 4.17. The normalized spacial score (nSPS) is 17.7. The van der Waals surface area contributed by atoms with Crippen molar-refractivity contribution < 1.29 is 5.11 Å². The summed E-state index contributed by atoms with van der Waals surface area (Å²) in [5.74, 6) is 1.07. The van der Waals surface area contributed by atoms with Crippen LogP contribution in [0.4, 0.5) is 0 Å². The molecule has 2 aromatic rings. The molecule has 0 spiro atoms. The molecule has 0 aliphatic carbocycles. The molecule has 0 bridgehead atoms. The van der Waals surface area contributed by atoms with Gasteiger partial charge < -0.3 is 10.0 Å². The van der Waals surface area contributed by atoms with Crippen LogP contribution in [0.1, 0.15) is 58.6 Å². The lowest BCUT2D eigenvalue weighted by atomic mass is 9.68. The van der Waals surface area contributed by atoms with Gasteiger partial charge in [-0.2, -0.15) is 5.10 Å². The number of aromatic amines is 1. The Kier molecular flexibility index (Phi) is 5.87. The molecule has 5 heteroatoms. The van der Waals surface area contributed by atoms with E-state index < -0.39 is 6.10 Å². The Labute approximate surface area is 167 Å². The van der Waals surface area contributed by atoms with Crippen molar-refractivity contribution in [2.24, 2.45) is 17.3 Å². The van der Waals surface area contributed by atoms with Crippen LogP contribution in [0.15, 0.2) is 30.6 Å². The van der Waals surface area contributed by atoms with Crippen LogP contribution in [0.25, 0.3) is 10.9 Å². The Morgan fingerprint density at radius 2 is 2.04 bits per heavy atom. The Morgan fingerprint density at radius 3 is 2.67 bits per heavy atom. The first kappa shape index (κ1) is 20.2. The predicted molar refractivity (Wildman–Crippen MR) is 113 cm³/mol. The highest BCUT2D eigenvalue weighted by molar-refractivity contribution is 6.31. The van der Waals surface area contributed by atoms with Gasteiger partial charge in [-0.3, -0.25) is 5.10 Å². The second kappa shape index (κ2) is 7.84. The number of benzene rings is 1. The van der Waals surface area contributed by atoms with Crippen molar-refractivity contribution in [2.75, 3.05) is 13.1 Å². The summed E-state index contributed by atoms with van der Waals surface area (Å²) in [6, 6.07) is 3.75. The van der Waals surface area contributed by atoms with Gasteiger partial charge >= 0.3 is 0 Å². The zero-order valence-corrected chi connectivity index (χ0v) is 17.7. The molecule has 0 amide bonds. The minimum absolute atomic E-state index is 0.256. The van der Waals surface area contributed by atoms with Crippen LogP contribution < -0.4 is 0 Å². The number of hydrogen-bond acceptors (Lipinski definition) is 3. The number of aliphatic hydroxyl groups is 1. The highest BCUT2D eigenvalue weighted by Crippen LogP contribution is 2.46. The van der Waals surface area contributed by atoms with Gasteiger partial charge in [0.15, 0.2) is 0 Å². The van der Waals surface area contributed by atoms with Crippen LogP contribution in [-0.2, 0) is 0 Å². The highest BCUT2D eigenvalue weighted by Gasteiger charge is 2.39. The van der Waals surface area contributed by atoms with Crippen LogP contribution in [-0.4, -0.2) is 33.3 Å². The molecular weight excluding hydrogens is 358 g/mol. The zero-order valence-electron chi connectivity index (χ0n) is 16.9. The lowest BCUT2D eigenvalue weighted by Crippen LogP contribution is -2.41. The summed E-state index contributed by atoms with van der Waals surface area (Å²) in [4.78, 5) is 2.42. The first-order chi connectivity index (χ1) is 12.7. The molecule has 1 fully saturated rings. The summed E-state index contributed by atoms with van der Waals surface area (Å²) in [5.41, 5.74) is 2.71. The number of aliphatic hydroxyl groups excluding tert-OH is 1. The van der Waals surface area contributed by atoms with Gasteiger partial charge in [0, 0.05) is 34.8 Å². The lowest BCUT2D eigenvalue weighted by molar-refractivity contribution is -0.0154. The third-order valence-electron chi connectivity index (χ3n) is 6.18. The molecule has 1 saturated heterocycles. The van der Waals surface area contributed by atoms with Crippen LogP contribution in [0, 0.1) is 17.3 Å². The maximum atomic E-state index is 11.3. The molecule has 0 saturated carbocycles.